The minimum absolute atomic E-state index is 0.0561. The van der Waals surface area contributed by atoms with Gasteiger partial charge in [-0.15, -0.1) is 11.3 Å². The molecule has 0 bridgehead atoms. The summed E-state index contributed by atoms with van der Waals surface area (Å²) in [6.07, 6.45) is 3.20. The molecule has 1 aliphatic rings. The van der Waals surface area contributed by atoms with E-state index in [4.69, 9.17) is 14.2 Å². The Hall–Kier alpha value is -4.02. The van der Waals surface area contributed by atoms with Gasteiger partial charge in [0, 0.05) is 24.0 Å². The predicted molar refractivity (Wildman–Crippen MR) is 140 cm³/mol. The van der Waals surface area contributed by atoms with Gasteiger partial charge in [0.05, 0.1) is 31.9 Å². The number of fused-ring (bicyclic) bond motifs is 1. The van der Waals surface area contributed by atoms with Crippen molar-refractivity contribution in [3.05, 3.63) is 65.8 Å². The molecule has 1 N–H and O–H groups in total. The zero-order chi connectivity index (χ0) is 24.7. The molecule has 2 aromatic carbocycles. The Kier molecular flexibility index (Phi) is 7.34. The van der Waals surface area contributed by atoms with Crippen LogP contribution in [-0.2, 0) is 9.53 Å². The first-order valence-corrected chi connectivity index (χ1v) is 12.3. The molecule has 1 amide bonds. The number of methoxy groups -OCH3 is 1. The highest BCUT2D eigenvalue weighted by Crippen LogP contribution is 2.36. The number of nitrogens with one attached hydrogen (secondary N) is 1. The van der Waals surface area contributed by atoms with Crippen LogP contribution in [0.2, 0.25) is 0 Å². The standard InChI is InChI=1S/C26H25N5O4S/c1-33-22-13-18(7-8-21(22)35-15-23(32)31-9-11-34-12-10-31)14-29-30-25-24-20(19-5-3-2-4-6-19)16-36-26(24)28-17-27-25/h2-8,13-14,16-17H,9-12,15H2,1H3,(H,27,28,30)/b29-14+. The van der Waals surface area contributed by atoms with E-state index in [1.54, 1.807) is 41.7 Å². The molecule has 36 heavy (non-hydrogen) atoms. The fraction of sp³-hybridized carbons (Fsp3) is 0.231. The van der Waals surface area contributed by atoms with Gasteiger partial charge < -0.3 is 19.1 Å². The van der Waals surface area contributed by atoms with Gasteiger partial charge in [-0.2, -0.15) is 5.10 Å². The lowest BCUT2D eigenvalue weighted by molar-refractivity contribution is -0.137. The Morgan fingerprint density at radius 3 is 2.81 bits per heavy atom. The van der Waals surface area contributed by atoms with Crippen LogP contribution in [0.5, 0.6) is 11.5 Å². The summed E-state index contributed by atoms with van der Waals surface area (Å²) >= 11 is 1.57. The zero-order valence-corrected chi connectivity index (χ0v) is 20.5. The number of thiophene rings is 1. The molecule has 5 rings (SSSR count). The number of hydrogen-bond donors (Lipinski definition) is 1. The Labute approximate surface area is 212 Å². The number of amides is 1. The maximum absolute atomic E-state index is 12.4. The molecule has 0 unspecified atom stereocenters. The van der Waals surface area contributed by atoms with Gasteiger partial charge in [-0.05, 0) is 29.3 Å². The fourth-order valence-corrected chi connectivity index (χ4v) is 4.80. The SMILES string of the molecule is COc1cc(/C=N/Nc2ncnc3scc(-c4ccccc4)c23)ccc1OCC(=O)N1CCOCC1. The van der Waals surface area contributed by atoms with E-state index < -0.39 is 0 Å². The van der Waals surface area contributed by atoms with Crippen LogP contribution in [0.25, 0.3) is 21.3 Å². The second-order valence-electron chi connectivity index (χ2n) is 7.98. The van der Waals surface area contributed by atoms with Gasteiger partial charge in [0.1, 0.15) is 11.2 Å². The van der Waals surface area contributed by atoms with E-state index in [9.17, 15) is 4.79 Å². The van der Waals surface area contributed by atoms with Crippen molar-refractivity contribution in [2.45, 2.75) is 0 Å². The minimum atomic E-state index is -0.0744. The maximum Gasteiger partial charge on any atom is 0.260 e. The lowest BCUT2D eigenvalue weighted by atomic mass is 10.1. The molecule has 2 aromatic heterocycles. The molecule has 0 aliphatic carbocycles. The first kappa shape index (κ1) is 23.7. The van der Waals surface area contributed by atoms with Gasteiger partial charge in [0.15, 0.2) is 23.9 Å². The van der Waals surface area contributed by atoms with Gasteiger partial charge in [0.25, 0.3) is 5.91 Å². The first-order valence-electron chi connectivity index (χ1n) is 11.5. The third-order valence-electron chi connectivity index (χ3n) is 5.74. The molecule has 9 nitrogen and oxygen atoms in total. The van der Waals surface area contributed by atoms with E-state index in [1.165, 1.54) is 6.33 Å². The normalized spacial score (nSPS) is 13.8. The second-order valence-corrected chi connectivity index (χ2v) is 8.84. The molecule has 1 aliphatic heterocycles. The predicted octanol–water partition coefficient (Wildman–Crippen LogP) is 4.05. The average molecular weight is 504 g/mol. The topological polar surface area (TPSA) is 98.2 Å². The number of carbonyl (C=O) groups excluding carboxylic acids is 1. The summed E-state index contributed by atoms with van der Waals surface area (Å²) in [5, 5.41) is 7.40. The van der Waals surface area contributed by atoms with Crippen molar-refractivity contribution >= 4 is 39.5 Å². The number of hydrazone groups is 1. The highest BCUT2D eigenvalue weighted by molar-refractivity contribution is 7.17. The molecule has 4 aromatic rings. The Morgan fingerprint density at radius 2 is 2.00 bits per heavy atom. The monoisotopic (exact) mass is 503 g/mol. The molecule has 3 heterocycles. The van der Waals surface area contributed by atoms with Crippen LogP contribution in [0.4, 0.5) is 5.82 Å². The van der Waals surface area contributed by atoms with Crippen molar-refractivity contribution < 1.29 is 19.0 Å². The molecule has 1 fully saturated rings. The van der Waals surface area contributed by atoms with Crippen LogP contribution in [0.1, 0.15) is 5.56 Å². The summed E-state index contributed by atoms with van der Waals surface area (Å²) in [6, 6.07) is 15.5. The van der Waals surface area contributed by atoms with E-state index in [2.05, 4.69) is 38.0 Å². The molecule has 0 spiro atoms. The first-order chi connectivity index (χ1) is 17.7. The summed E-state index contributed by atoms with van der Waals surface area (Å²) in [7, 11) is 1.56. The lowest BCUT2D eigenvalue weighted by Gasteiger charge is -2.26. The van der Waals surface area contributed by atoms with E-state index in [0.29, 0.717) is 43.6 Å². The highest BCUT2D eigenvalue weighted by atomic mass is 32.1. The van der Waals surface area contributed by atoms with Crippen molar-refractivity contribution in [1.82, 2.24) is 14.9 Å². The second kappa shape index (κ2) is 11.1. The molecular weight excluding hydrogens is 478 g/mol. The summed E-state index contributed by atoms with van der Waals surface area (Å²) < 4.78 is 16.5. The lowest BCUT2D eigenvalue weighted by Crippen LogP contribution is -2.43. The highest BCUT2D eigenvalue weighted by Gasteiger charge is 2.18. The van der Waals surface area contributed by atoms with Gasteiger partial charge in [-0.1, -0.05) is 30.3 Å². The van der Waals surface area contributed by atoms with Gasteiger partial charge in [0.2, 0.25) is 0 Å². The van der Waals surface area contributed by atoms with Crippen molar-refractivity contribution in [3.63, 3.8) is 0 Å². The summed E-state index contributed by atoms with van der Waals surface area (Å²) in [5.74, 6) is 1.56. The van der Waals surface area contributed by atoms with Crippen molar-refractivity contribution in [1.29, 1.82) is 0 Å². The van der Waals surface area contributed by atoms with Crippen LogP contribution in [0.15, 0.2) is 65.3 Å². The van der Waals surface area contributed by atoms with Crippen LogP contribution < -0.4 is 14.9 Å². The molecule has 1 saturated heterocycles. The molecule has 0 saturated carbocycles. The smallest absolute Gasteiger partial charge is 0.260 e. The molecule has 184 valence electrons. The number of nitrogens with zero attached hydrogens (tertiary/aromatic N) is 4. The number of hydrogen-bond acceptors (Lipinski definition) is 9. The molecule has 0 radical (unpaired) electrons. The van der Waals surface area contributed by atoms with E-state index >= 15 is 0 Å². The van der Waals surface area contributed by atoms with E-state index in [-0.39, 0.29) is 12.5 Å². The third-order valence-corrected chi connectivity index (χ3v) is 6.63. The number of benzene rings is 2. The number of carbonyl (C=O) groups is 1. The van der Waals surface area contributed by atoms with Crippen LogP contribution >= 0.6 is 11.3 Å². The Morgan fingerprint density at radius 1 is 1.17 bits per heavy atom. The van der Waals surface area contributed by atoms with Crippen molar-refractivity contribution in [3.8, 4) is 22.6 Å². The quantitative estimate of drug-likeness (QED) is 0.286. The van der Waals surface area contributed by atoms with Crippen molar-refractivity contribution in [2.75, 3.05) is 45.4 Å². The summed E-state index contributed by atoms with van der Waals surface area (Å²) in [6.45, 7) is 2.21. The van der Waals surface area contributed by atoms with Crippen LogP contribution in [-0.4, -0.2) is 67.0 Å². The number of morpholine rings is 1. The zero-order valence-electron chi connectivity index (χ0n) is 19.7. The average Bonchev–Trinajstić information content (AvgIpc) is 3.38. The maximum atomic E-state index is 12.4. The van der Waals surface area contributed by atoms with Crippen LogP contribution in [0.3, 0.4) is 0 Å². The summed E-state index contributed by atoms with van der Waals surface area (Å²) in [5.41, 5.74) is 6.00. The van der Waals surface area contributed by atoms with Crippen LogP contribution in [0, 0.1) is 0 Å². The van der Waals surface area contributed by atoms with Gasteiger partial charge in [-0.25, -0.2) is 9.97 Å². The number of anilines is 1. The number of rotatable bonds is 8. The van der Waals surface area contributed by atoms with E-state index in [1.807, 2.05) is 24.3 Å². The Bertz CT molecular complexity index is 1370. The van der Waals surface area contributed by atoms with Gasteiger partial charge >= 0.3 is 0 Å². The van der Waals surface area contributed by atoms with Crippen molar-refractivity contribution in [2.24, 2.45) is 5.10 Å². The molecule has 10 heteroatoms. The number of aromatic nitrogens is 2. The number of ether oxygens (including phenoxy) is 3. The minimum Gasteiger partial charge on any atom is -0.493 e. The molecule has 0 atom stereocenters. The summed E-state index contributed by atoms with van der Waals surface area (Å²) in [4.78, 5) is 23.8. The fourth-order valence-electron chi connectivity index (χ4n) is 3.89. The third kappa shape index (κ3) is 5.29. The van der Waals surface area contributed by atoms with Gasteiger partial charge in [-0.3, -0.25) is 10.2 Å². The Balaban J connectivity index is 1.28. The van der Waals surface area contributed by atoms with E-state index in [0.717, 1.165) is 26.9 Å². The largest absolute Gasteiger partial charge is 0.493 e. The molecular formula is C26H25N5O4S.